The van der Waals surface area contributed by atoms with Crippen molar-refractivity contribution in [2.75, 3.05) is 0 Å². The molecule has 0 amide bonds. The van der Waals surface area contributed by atoms with Gasteiger partial charge in [0.25, 0.3) is 0 Å². The van der Waals surface area contributed by atoms with Gasteiger partial charge in [-0.25, -0.2) is 9.67 Å². The number of hydrogen-bond donors (Lipinski definition) is 1. The molecule has 112 valence electrons. The molecule has 1 aliphatic heterocycles. The SMILES string of the molecule is CCc1nc2n(n1)CC(NCc1nc(C3CC3)no1)CC2. The molecule has 0 radical (unpaired) electrons. The largest absolute Gasteiger partial charge is 0.338 e. The van der Waals surface area contributed by atoms with Crippen LogP contribution >= 0.6 is 0 Å². The van der Waals surface area contributed by atoms with Crippen molar-refractivity contribution in [3.05, 3.63) is 23.4 Å². The predicted molar refractivity (Wildman–Crippen MR) is 74.6 cm³/mol. The number of nitrogens with one attached hydrogen (secondary N) is 1. The fourth-order valence-electron chi connectivity index (χ4n) is 2.76. The van der Waals surface area contributed by atoms with Gasteiger partial charge in [0.2, 0.25) is 5.89 Å². The van der Waals surface area contributed by atoms with Crippen molar-refractivity contribution in [2.24, 2.45) is 0 Å². The van der Waals surface area contributed by atoms with Gasteiger partial charge >= 0.3 is 0 Å². The molecule has 2 aliphatic rings. The Kier molecular flexibility index (Phi) is 3.21. The second-order valence-electron chi connectivity index (χ2n) is 5.92. The molecule has 3 heterocycles. The lowest BCUT2D eigenvalue weighted by Crippen LogP contribution is -2.37. The van der Waals surface area contributed by atoms with Crippen LogP contribution in [-0.2, 0) is 25.9 Å². The van der Waals surface area contributed by atoms with Gasteiger partial charge in [-0.2, -0.15) is 10.1 Å². The number of rotatable bonds is 5. The van der Waals surface area contributed by atoms with Crippen LogP contribution < -0.4 is 5.32 Å². The maximum atomic E-state index is 5.29. The topological polar surface area (TPSA) is 81.7 Å². The smallest absolute Gasteiger partial charge is 0.240 e. The zero-order valence-electron chi connectivity index (χ0n) is 12.2. The molecule has 1 saturated carbocycles. The first-order valence-corrected chi connectivity index (χ1v) is 7.80. The number of aryl methyl sites for hydroxylation is 2. The van der Waals surface area contributed by atoms with Crippen LogP contribution in [0.2, 0.25) is 0 Å². The van der Waals surface area contributed by atoms with Crippen molar-refractivity contribution in [1.82, 2.24) is 30.2 Å². The highest BCUT2D eigenvalue weighted by atomic mass is 16.5. The van der Waals surface area contributed by atoms with Gasteiger partial charge < -0.3 is 9.84 Å². The Hall–Kier alpha value is -1.76. The van der Waals surface area contributed by atoms with Crippen molar-refractivity contribution in [1.29, 1.82) is 0 Å². The van der Waals surface area contributed by atoms with Crippen LogP contribution in [0.1, 0.15) is 55.5 Å². The van der Waals surface area contributed by atoms with Crippen molar-refractivity contribution >= 4 is 0 Å². The molecule has 2 aromatic heterocycles. The van der Waals surface area contributed by atoms with Gasteiger partial charge in [-0.05, 0) is 19.3 Å². The average Bonchev–Trinajstić information content (AvgIpc) is 3.11. The molecular weight excluding hydrogens is 268 g/mol. The molecule has 1 fully saturated rings. The van der Waals surface area contributed by atoms with Crippen LogP contribution in [0.4, 0.5) is 0 Å². The van der Waals surface area contributed by atoms with E-state index < -0.39 is 0 Å². The van der Waals surface area contributed by atoms with E-state index in [1.54, 1.807) is 0 Å². The maximum Gasteiger partial charge on any atom is 0.240 e. The Morgan fingerprint density at radius 1 is 1.29 bits per heavy atom. The second-order valence-corrected chi connectivity index (χ2v) is 5.92. The zero-order chi connectivity index (χ0) is 14.2. The van der Waals surface area contributed by atoms with E-state index in [-0.39, 0.29) is 0 Å². The third kappa shape index (κ3) is 2.70. The number of hydrogen-bond acceptors (Lipinski definition) is 6. The number of fused-ring (bicyclic) bond motifs is 1. The molecule has 1 atom stereocenters. The van der Waals surface area contributed by atoms with E-state index in [0.717, 1.165) is 43.3 Å². The van der Waals surface area contributed by atoms with E-state index in [2.05, 4.69) is 32.5 Å². The normalized spacial score (nSPS) is 21.5. The van der Waals surface area contributed by atoms with Crippen LogP contribution in [0, 0.1) is 0 Å². The van der Waals surface area contributed by atoms with Crippen molar-refractivity contribution in [3.63, 3.8) is 0 Å². The van der Waals surface area contributed by atoms with Crippen LogP contribution in [0.25, 0.3) is 0 Å². The van der Waals surface area contributed by atoms with E-state index in [4.69, 9.17) is 4.52 Å². The van der Waals surface area contributed by atoms with E-state index in [0.29, 0.717) is 24.4 Å². The fourth-order valence-corrected chi connectivity index (χ4v) is 2.76. The summed E-state index contributed by atoms with van der Waals surface area (Å²) in [4.78, 5) is 8.98. The molecule has 7 heteroatoms. The highest BCUT2D eigenvalue weighted by Crippen LogP contribution is 2.38. The van der Waals surface area contributed by atoms with E-state index >= 15 is 0 Å². The summed E-state index contributed by atoms with van der Waals surface area (Å²) >= 11 is 0. The first kappa shape index (κ1) is 12.9. The molecule has 1 unspecified atom stereocenters. The minimum absolute atomic E-state index is 0.389. The monoisotopic (exact) mass is 288 g/mol. The Morgan fingerprint density at radius 3 is 3.00 bits per heavy atom. The molecule has 4 rings (SSSR count). The van der Waals surface area contributed by atoms with Gasteiger partial charge in [-0.3, -0.25) is 0 Å². The lowest BCUT2D eigenvalue weighted by Gasteiger charge is -2.22. The molecule has 0 spiro atoms. The van der Waals surface area contributed by atoms with Gasteiger partial charge in [-0.15, -0.1) is 0 Å². The maximum absolute atomic E-state index is 5.29. The summed E-state index contributed by atoms with van der Waals surface area (Å²) in [5, 5.41) is 12.1. The lowest BCUT2D eigenvalue weighted by molar-refractivity contribution is 0.319. The second kappa shape index (κ2) is 5.22. The summed E-state index contributed by atoms with van der Waals surface area (Å²) in [6.45, 7) is 3.59. The van der Waals surface area contributed by atoms with Crippen molar-refractivity contribution in [2.45, 2.75) is 64.1 Å². The molecule has 2 aromatic rings. The predicted octanol–water partition coefficient (Wildman–Crippen LogP) is 1.21. The number of aromatic nitrogens is 5. The lowest BCUT2D eigenvalue weighted by atomic mass is 10.1. The summed E-state index contributed by atoms with van der Waals surface area (Å²) < 4.78 is 7.32. The van der Waals surface area contributed by atoms with E-state index in [9.17, 15) is 0 Å². The van der Waals surface area contributed by atoms with Gasteiger partial charge in [0.15, 0.2) is 11.6 Å². The van der Waals surface area contributed by atoms with Crippen LogP contribution in [0.3, 0.4) is 0 Å². The van der Waals surface area contributed by atoms with E-state index in [1.807, 2.05) is 4.68 Å². The van der Waals surface area contributed by atoms with E-state index in [1.165, 1.54) is 12.8 Å². The van der Waals surface area contributed by atoms with Gasteiger partial charge in [0.05, 0.1) is 13.1 Å². The Bertz CT molecular complexity index is 629. The zero-order valence-corrected chi connectivity index (χ0v) is 12.2. The Morgan fingerprint density at radius 2 is 2.19 bits per heavy atom. The molecule has 0 aromatic carbocycles. The van der Waals surface area contributed by atoms with Gasteiger partial charge in [0, 0.05) is 24.8 Å². The van der Waals surface area contributed by atoms with Gasteiger partial charge in [-0.1, -0.05) is 12.1 Å². The molecule has 21 heavy (non-hydrogen) atoms. The third-order valence-corrected chi connectivity index (χ3v) is 4.19. The standard InChI is InChI=1S/C14H20N6O/c1-2-11-16-12-6-5-10(8-20(12)18-11)15-7-13-17-14(19-21-13)9-3-4-9/h9-10,15H,2-8H2,1H3. The molecule has 0 bridgehead atoms. The van der Waals surface area contributed by atoms with Crippen molar-refractivity contribution in [3.8, 4) is 0 Å². The molecular formula is C14H20N6O. The summed E-state index contributed by atoms with van der Waals surface area (Å²) in [7, 11) is 0. The molecule has 0 saturated heterocycles. The first-order chi connectivity index (χ1) is 10.3. The number of nitrogens with zero attached hydrogens (tertiary/aromatic N) is 5. The molecule has 7 nitrogen and oxygen atoms in total. The minimum Gasteiger partial charge on any atom is -0.338 e. The summed E-state index contributed by atoms with van der Waals surface area (Å²) in [6, 6.07) is 0.389. The first-order valence-electron chi connectivity index (χ1n) is 7.80. The van der Waals surface area contributed by atoms with Gasteiger partial charge in [0.1, 0.15) is 5.82 Å². The minimum atomic E-state index is 0.389. The Balaban J connectivity index is 1.34. The summed E-state index contributed by atoms with van der Waals surface area (Å²) in [5.74, 6) is 4.16. The van der Waals surface area contributed by atoms with Crippen LogP contribution in [0.15, 0.2) is 4.52 Å². The third-order valence-electron chi connectivity index (χ3n) is 4.19. The quantitative estimate of drug-likeness (QED) is 0.890. The summed E-state index contributed by atoms with van der Waals surface area (Å²) in [6.07, 6.45) is 5.34. The van der Waals surface area contributed by atoms with Crippen molar-refractivity contribution < 1.29 is 4.52 Å². The summed E-state index contributed by atoms with van der Waals surface area (Å²) in [5.41, 5.74) is 0. The molecule has 1 aliphatic carbocycles. The Labute approximate surface area is 123 Å². The highest BCUT2D eigenvalue weighted by molar-refractivity contribution is 5.03. The molecule has 1 N–H and O–H groups in total. The highest BCUT2D eigenvalue weighted by Gasteiger charge is 2.29. The van der Waals surface area contributed by atoms with Crippen LogP contribution in [0.5, 0.6) is 0 Å². The average molecular weight is 288 g/mol. The van der Waals surface area contributed by atoms with Crippen LogP contribution in [-0.4, -0.2) is 30.9 Å². The fraction of sp³-hybridized carbons (Fsp3) is 0.714.